The summed E-state index contributed by atoms with van der Waals surface area (Å²) in [6.07, 6.45) is 5.41. The lowest BCUT2D eigenvalue weighted by molar-refractivity contribution is -0.154. The second-order valence-electron chi connectivity index (χ2n) is 8.19. The first kappa shape index (κ1) is 17.6. The summed E-state index contributed by atoms with van der Waals surface area (Å²) in [6.45, 7) is 1.98. The predicted octanol–water partition coefficient (Wildman–Crippen LogP) is 1.26. The van der Waals surface area contributed by atoms with E-state index in [0.717, 1.165) is 12.0 Å². The van der Waals surface area contributed by atoms with E-state index in [1.807, 2.05) is 30.3 Å². The minimum atomic E-state index is -0.773. The van der Waals surface area contributed by atoms with Gasteiger partial charge in [-0.15, -0.1) is 0 Å². The van der Waals surface area contributed by atoms with Crippen LogP contribution >= 0.6 is 0 Å². The summed E-state index contributed by atoms with van der Waals surface area (Å²) >= 11 is 0. The molecule has 2 heterocycles. The second-order valence-corrected chi connectivity index (χ2v) is 8.19. The van der Waals surface area contributed by atoms with Gasteiger partial charge in [0.15, 0.2) is 0 Å². The highest BCUT2D eigenvalue weighted by Crippen LogP contribution is 2.53. The molecule has 1 saturated carbocycles. The molecule has 0 N–H and O–H groups in total. The van der Waals surface area contributed by atoms with Gasteiger partial charge in [0.25, 0.3) is 0 Å². The van der Waals surface area contributed by atoms with E-state index in [0.29, 0.717) is 32.7 Å². The van der Waals surface area contributed by atoms with E-state index in [2.05, 4.69) is 12.2 Å². The van der Waals surface area contributed by atoms with Crippen LogP contribution in [0.4, 0.5) is 0 Å². The van der Waals surface area contributed by atoms with Gasteiger partial charge in [-0.25, -0.2) is 0 Å². The van der Waals surface area contributed by atoms with Crippen molar-refractivity contribution in [3.05, 3.63) is 48.0 Å². The quantitative estimate of drug-likeness (QED) is 0.583. The highest BCUT2D eigenvalue weighted by molar-refractivity contribution is 6.09. The molecule has 146 valence electrons. The van der Waals surface area contributed by atoms with E-state index in [4.69, 9.17) is 4.74 Å². The SMILES string of the molecule is O=C([C@H](Cc1ccccc1)N1C(=O)[C@@H]2[C@H](C1=O)[C@@H]1C=C[C@H]2C1)N1CCOCC1. The average Bonchev–Trinajstić information content (AvgIpc) is 3.41. The van der Waals surface area contributed by atoms with E-state index >= 15 is 0 Å². The maximum Gasteiger partial charge on any atom is 0.246 e. The van der Waals surface area contributed by atoms with Crippen molar-refractivity contribution in [2.24, 2.45) is 23.7 Å². The number of imide groups is 1. The number of ether oxygens (including phenoxy) is 1. The van der Waals surface area contributed by atoms with Crippen LogP contribution in [-0.4, -0.2) is 59.9 Å². The molecule has 6 heteroatoms. The number of benzene rings is 1. The van der Waals surface area contributed by atoms with Crippen molar-refractivity contribution >= 4 is 17.7 Å². The number of nitrogens with zero attached hydrogens (tertiary/aromatic N) is 2. The van der Waals surface area contributed by atoms with Gasteiger partial charge in [0.1, 0.15) is 6.04 Å². The fraction of sp³-hybridized carbons (Fsp3) is 0.500. The molecule has 0 spiro atoms. The topological polar surface area (TPSA) is 66.9 Å². The molecule has 28 heavy (non-hydrogen) atoms. The van der Waals surface area contributed by atoms with E-state index < -0.39 is 6.04 Å². The standard InChI is InChI=1S/C22H24N2O4/c25-20(23-8-10-28-11-9-23)17(12-14-4-2-1-3-5-14)24-21(26)18-15-6-7-16(13-15)19(18)22(24)27/h1-7,15-19H,8-13H2/t15-,16+,17-,18-,19+/m0/s1. The van der Waals surface area contributed by atoms with Crippen LogP contribution in [0, 0.1) is 23.7 Å². The average molecular weight is 380 g/mol. The van der Waals surface area contributed by atoms with E-state index in [9.17, 15) is 14.4 Å². The predicted molar refractivity (Wildman–Crippen MR) is 101 cm³/mol. The van der Waals surface area contributed by atoms with Gasteiger partial charge in [0, 0.05) is 19.5 Å². The van der Waals surface area contributed by atoms with Crippen molar-refractivity contribution in [3.63, 3.8) is 0 Å². The summed E-state index contributed by atoms with van der Waals surface area (Å²) in [5.74, 6) is -0.728. The minimum absolute atomic E-state index is 0.144. The fourth-order valence-electron chi connectivity index (χ4n) is 5.35. The number of carbonyl (C=O) groups is 3. The van der Waals surface area contributed by atoms with Gasteiger partial charge < -0.3 is 9.64 Å². The molecule has 6 nitrogen and oxygen atoms in total. The molecule has 0 unspecified atom stereocenters. The monoisotopic (exact) mass is 380 g/mol. The summed E-state index contributed by atoms with van der Waals surface area (Å²) in [4.78, 5) is 43.0. The van der Waals surface area contributed by atoms with Gasteiger partial charge >= 0.3 is 0 Å². The molecule has 2 saturated heterocycles. The molecule has 1 aromatic carbocycles. The fourth-order valence-corrected chi connectivity index (χ4v) is 5.35. The Morgan fingerprint density at radius 2 is 1.61 bits per heavy atom. The van der Waals surface area contributed by atoms with Crippen molar-refractivity contribution in [2.45, 2.75) is 18.9 Å². The zero-order valence-corrected chi connectivity index (χ0v) is 15.7. The van der Waals surface area contributed by atoms with Crippen molar-refractivity contribution in [2.75, 3.05) is 26.3 Å². The van der Waals surface area contributed by atoms with Crippen LogP contribution in [0.15, 0.2) is 42.5 Å². The second kappa shape index (κ2) is 6.85. The summed E-state index contributed by atoms with van der Waals surface area (Å²) < 4.78 is 5.36. The van der Waals surface area contributed by atoms with Crippen LogP contribution in [0.2, 0.25) is 0 Å². The molecule has 2 aliphatic heterocycles. The Morgan fingerprint density at radius 3 is 2.21 bits per heavy atom. The summed E-state index contributed by atoms with van der Waals surface area (Å²) in [5.41, 5.74) is 0.952. The van der Waals surface area contributed by atoms with Crippen LogP contribution in [0.5, 0.6) is 0 Å². The van der Waals surface area contributed by atoms with Gasteiger partial charge in [-0.05, 0) is 23.8 Å². The van der Waals surface area contributed by atoms with Crippen LogP contribution in [0.1, 0.15) is 12.0 Å². The lowest BCUT2D eigenvalue weighted by atomic mass is 9.85. The number of hydrogen-bond acceptors (Lipinski definition) is 4. The number of likely N-dealkylation sites (tertiary alicyclic amines) is 1. The highest BCUT2D eigenvalue weighted by Gasteiger charge is 2.61. The van der Waals surface area contributed by atoms with Gasteiger partial charge in [0.05, 0.1) is 25.0 Å². The molecule has 2 bridgehead atoms. The molecule has 4 aliphatic rings. The first-order chi connectivity index (χ1) is 13.6. The molecule has 5 atom stereocenters. The molecular weight excluding hydrogens is 356 g/mol. The number of carbonyl (C=O) groups excluding carboxylic acids is 3. The summed E-state index contributed by atoms with van der Waals surface area (Å²) in [6, 6.07) is 8.86. The maximum atomic E-state index is 13.4. The van der Waals surface area contributed by atoms with Crippen LogP contribution < -0.4 is 0 Å². The van der Waals surface area contributed by atoms with Gasteiger partial charge in [-0.3, -0.25) is 19.3 Å². The molecule has 3 amide bonds. The number of hydrogen-bond donors (Lipinski definition) is 0. The maximum absolute atomic E-state index is 13.4. The van der Waals surface area contributed by atoms with E-state index in [-0.39, 0.29) is 41.4 Å². The molecule has 0 radical (unpaired) electrons. The first-order valence-corrected chi connectivity index (χ1v) is 10.1. The van der Waals surface area contributed by atoms with E-state index in [1.165, 1.54) is 4.90 Å². The van der Waals surface area contributed by atoms with E-state index in [1.54, 1.807) is 4.90 Å². The zero-order valence-electron chi connectivity index (χ0n) is 15.7. The number of rotatable bonds is 4. The molecule has 0 aromatic heterocycles. The van der Waals surface area contributed by atoms with Gasteiger partial charge in [-0.2, -0.15) is 0 Å². The van der Waals surface area contributed by atoms with Crippen LogP contribution in [0.3, 0.4) is 0 Å². The zero-order chi connectivity index (χ0) is 19.3. The smallest absolute Gasteiger partial charge is 0.246 e. The number of amides is 3. The first-order valence-electron chi connectivity index (χ1n) is 10.1. The lowest BCUT2D eigenvalue weighted by Crippen LogP contribution is -2.55. The van der Waals surface area contributed by atoms with Gasteiger partial charge in [0.2, 0.25) is 17.7 Å². The van der Waals surface area contributed by atoms with Crippen molar-refractivity contribution in [1.82, 2.24) is 9.80 Å². The highest BCUT2D eigenvalue weighted by atomic mass is 16.5. The lowest BCUT2D eigenvalue weighted by Gasteiger charge is -2.34. The number of allylic oxidation sites excluding steroid dienone is 2. The molecule has 1 aromatic rings. The summed E-state index contributed by atoms with van der Waals surface area (Å²) in [5, 5.41) is 0. The Kier molecular flexibility index (Phi) is 4.31. The Morgan fingerprint density at radius 1 is 1.00 bits per heavy atom. The summed E-state index contributed by atoms with van der Waals surface area (Å²) in [7, 11) is 0. The third kappa shape index (κ3) is 2.70. The molecular formula is C22H24N2O4. The number of fused-ring (bicyclic) bond motifs is 5. The largest absolute Gasteiger partial charge is 0.378 e. The van der Waals surface area contributed by atoms with Crippen LogP contribution in [0.25, 0.3) is 0 Å². The van der Waals surface area contributed by atoms with Gasteiger partial charge in [-0.1, -0.05) is 42.5 Å². The normalized spacial score (nSPS) is 32.1. The Balaban J connectivity index is 1.46. The van der Waals surface area contributed by atoms with Crippen molar-refractivity contribution < 1.29 is 19.1 Å². The molecule has 5 rings (SSSR count). The Labute approximate surface area is 164 Å². The third-order valence-corrected chi connectivity index (χ3v) is 6.70. The Hall–Kier alpha value is -2.47. The third-order valence-electron chi connectivity index (χ3n) is 6.70. The molecule has 2 aliphatic carbocycles. The minimum Gasteiger partial charge on any atom is -0.378 e. The Bertz CT molecular complexity index is 800. The van der Waals surface area contributed by atoms with Crippen LogP contribution in [-0.2, 0) is 25.5 Å². The van der Waals surface area contributed by atoms with Crippen molar-refractivity contribution in [1.29, 1.82) is 0 Å². The number of morpholine rings is 1. The van der Waals surface area contributed by atoms with Crippen molar-refractivity contribution in [3.8, 4) is 0 Å². The molecule has 3 fully saturated rings.